The predicted molar refractivity (Wildman–Crippen MR) is 61.1 cm³/mol. The highest BCUT2D eigenvalue weighted by atomic mass is 32.2. The first kappa shape index (κ1) is 13.1. The van der Waals surface area contributed by atoms with Crippen LogP contribution in [0.4, 0.5) is 0 Å². The van der Waals surface area contributed by atoms with Crippen LogP contribution < -0.4 is 4.72 Å². The second kappa shape index (κ2) is 4.15. The molecule has 2 N–H and O–H groups in total. The Morgan fingerprint density at radius 3 is 2.38 bits per heavy atom. The van der Waals surface area contributed by atoms with Gasteiger partial charge in [0, 0.05) is 4.88 Å². The highest BCUT2D eigenvalue weighted by Crippen LogP contribution is 2.21. The van der Waals surface area contributed by atoms with E-state index in [9.17, 15) is 13.2 Å². The topological polar surface area (TPSA) is 83.5 Å². The van der Waals surface area contributed by atoms with Crippen molar-refractivity contribution in [1.82, 2.24) is 4.72 Å². The van der Waals surface area contributed by atoms with Gasteiger partial charge in [0.25, 0.3) is 10.0 Å². The fraction of sp³-hybridized carbons (Fsp3) is 0.444. The number of aliphatic carboxylic acids is 1. The quantitative estimate of drug-likeness (QED) is 0.855. The second-order valence-corrected chi connectivity index (χ2v) is 7.10. The van der Waals surface area contributed by atoms with Crippen LogP contribution >= 0.6 is 11.3 Å². The van der Waals surface area contributed by atoms with E-state index < -0.39 is 21.5 Å². The molecule has 0 amide bonds. The highest BCUT2D eigenvalue weighted by molar-refractivity contribution is 7.91. The maximum absolute atomic E-state index is 11.8. The number of rotatable bonds is 4. The van der Waals surface area contributed by atoms with Crippen molar-refractivity contribution in [2.75, 3.05) is 0 Å². The third-order valence-corrected chi connectivity index (χ3v) is 5.05. The second-order valence-electron chi connectivity index (χ2n) is 3.90. The number of carboxylic acid groups (broad SMARTS) is 1. The van der Waals surface area contributed by atoms with E-state index in [0.29, 0.717) is 0 Å². The molecule has 0 radical (unpaired) electrons. The smallest absolute Gasteiger partial charge is 0.324 e. The van der Waals surface area contributed by atoms with Crippen LogP contribution in [0, 0.1) is 6.92 Å². The molecular formula is C9H13NO4S2. The molecule has 0 aromatic carbocycles. The van der Waals surface area contributed by atoms with E-state index in [0.717, 1.165) is 16.2 Å². The Morgan fingerprint density at radius 2 is 2.00 bits per heavy atom. The molecule has 0 aliphatic rings. The first-order valence-electron chi connectivity index (χ1n) is 4.49. The SMILES string of the molecule is Cc1ccc(S(=O)(=O)NC(C)(C)C(=O)O)s1. The Balaban J connectivity index is 3.02. The van der Waals surface area contributed by atoms with Crippen molar-refractivity contribution in [2.24, 2.45) is 0 Å². The third kappa shape index (κ3) is 2.81. The van der Waals surface area contributed by atoms with Gasteiger partial charge in [-0.05, 0) is 32.9 Å². The van der Waals surface area contributed by atoms with Crippen molar-refractivity contribution in [2.45, 2.75) is 30.5 Å². The molecule has 0 saturated carbocycles. The summed E-state index contributed by atoms with van der Waals surface area (Å²) in [4.78, 5) is 11.7. The van der Waals surface area contributed by atoms with Crippen LogP contribution in [0.15, 0.2) is 16.3 Å². The van der Waals surface area contributed by atoms with Gasteiger partial charge in [0.2, 0.25) is 0 Å². The lowest BCUT2D eigenvalue weighted by Gasteiger charge is -2.20. The number of nitrogens with one attached hydrogen (secondary N) is 1. The standard InChI is InChI=1S/C9H13NO4S2/c1-6-4-5-7(15-6)16(13,14)10-9(2,3)8(11)12/h4-5,10H,1-3H3,(H,11,12). The van der Waals surface area contributed by atoms with E-state index >= 15 is 0 Å². The van der Waals surface area contributed by atoms with Gasteiger partial charge in [0.1, 0.15) is 9.75 Å². The Hall–Kier alpha value is -0.920. The van der Waals surface area contributed by atoms with Crippen molar-refractivity contribution in [3.8, 4) is 0 Å². The van der Waals surface area contributed by atoms with Crippen molar-refractivity contribution in [1.29, 1.82) is 0 Å². The third-order valence-electron chi connectivity index (χ3n) is 1.90. The normalized spacial score (nSPS) is 12.7. The minimum Gasteiger partial charge on any atom is -0.480 e. The summed E-state index contributed by atoms with van der Waals surface area (Å²) in [5.74, 6) is -1.22. The lowest BCUT2D eigenvalue weighted by molar-refractivity contribution is -0.142. The van der Waals surface area contributed by atoms with Crippen molar-refractivity contribution >= 4 is 27.3 Å². The minimum atomic E-state index is -3.75. The molecule has 0 aliphatic carbocycles. The van der Waals surface area contributed by atoms with Gasteiger partial charge < -0.3 is 5.11 Å². The molecule has 0 bridgehead atoms. The van der Waals surface area contributed by atoms with Crippen molar-refractivity contribution < 1.29 is 18.3 Å². The van der Waals surface area contributed by atoms with Crippen LogP contribution in [0.3, 0.4) is 0 Å². The summed E-state index contributed by atoms with van der Waals surface area (Å²) >= 11 is 1.10. The van der Waals surface area contributed by atoms with Crippen LogP contribution in [-0.2, 0) is 14.8 Å². The monoisotopic (exact) mass is 263 g/mol. The summed E-state index contributed by atoms with van der Waals surface area (Å²) in [6.07, 6.45) is 0. The summed E-state index contributed by atoms with van der Waals surface area (Å²) in [6.45, 7) is 4.38. The maximum Gasteiger partial charge on any atom is 0.324 e. The minimum absolute atomic E-state index is 0.124. The van der Waals surface area contributed by atoms with Crippen LogP contribution in [0.25, 0.3) is 0 Å². The maximum atomic E-state index is 11.8. The lowest BCUT2D eigenvalue weighted by atomic mass is 10.1. The van der Waals surface area contributed by atoms with Crippen LogP contribution in [-0.4, -0.2) is 25.0 Å². The van der Waals surface area contributed by atoms with Gasteiger partial charge in [0.05, 0.1) is 0 Å². The summed E-state index contributed by atoms with van der Waals surface area (Å²) in [7, 11) is -3.75. The van der Waals surface area contributed by atoms with Gasteiger partial charge in [-0.15, -0.1) is 11.3 Å². The predicted octanol–water partition coefficient (Wildman–Crippen LogP) is 1.20. The molecule has 90 valence electrons. The molecule has 7 heteroatoms. The van der Waals surface area contributed by atoms with Gasteiger partial charge in [-0.1, -0.05) is 0 Å². The zero-order valence-electron chi connectivity index (χ0n) is 9.14. The fourth-order valence-electron chi connectivity index (χ4n) is 0.986. The molecule has 0 atom stereocenters. The van der Waals surface area contributed by atoms with E-state index in [1.807, 2.05) is 0 Å². The molecule has 1 heterocycles. The number of carboxylic acids is 1. The summed E-state index contributed by atoms with van der Waals surface area (Å²) in [5, 5.41) is 8.83. The first-order valence-corrected chi connectivity index (χ1v) is 6.79. The van der Waals surface area contributed by atoms with Gasteiger partial charge in [0.15, 0.2) is 0 Å². The Labute approximate surface area is 98.2 Å². The largest absolute Gasteiger partial charge is 0.480 e. The fourth-order valence-corrected chi connectivity index (χ4v) is 3.64. The number of hydrogen-bond donors (Lipinski definition) is 2. The van der Waals surface area contributed by atoms with Crippen LogP contribution in [0.5, 0.6) is 0 Å². The summed E-state index contributed by atoms with van der Waals surface area (Å²) in [6, 6.07) is 3.13. The van der Waals surface area contributed by atoms with Gasteiger partial charge in [-0.25, -0.2) is 8.42 Å². The lowest BCUT2D eigenvalue weighted by Crippen LogP contribution is -2.49. The molecule has 0 aliphatic heterocycles. The average Bonchev–Trinajstić information content (AvgIpc) is 2.50. The Bertz CT molecular complexity index is 501. The van der Waals surface area contributed by atoms with E-state index in [1.54, 1.807) is 13.0 Å². The molecule has 0 spiro atoms. The number of carbonyl (C=O) groups is 1. The van der Waals surface area contributed by atoms with Crippen LogP contribution in [0.2, 0.25) is 0 Å². The number of hydrogen-bond acceptors (Lipinski definition) is 4. The zero-order chi connectivity index (χ0) is 12.6. The van der Waals surface area contributed by atoms with E-state index in [1.165, 1.54) is 19.9 Å². The van der Waals surface area contributed by atoms with E-state index in [4.69, 9.17) is 5.11 Å². The molecule has 16 heavy (non-hydrogen) atoms. The summed E-state index contributed by atoms with van der Waals surface area (Å²) < 4.78 is 25.9. The van der Waals surface area contributed by atoms with Crippen molar-refractivity contribution in [3.05, 3.63) is 17.0 Å². The molecule has 0 unspecified atom stereocenters. The molecule has 0 saturated heterocycles. The van der Waals surface area contributed by atoms with E-state index in [2.05, 4.69) is 4.72 Å². The van der Waals surface area contributed by atoms with Gasteiger partial charge in [-0.2, -0.15) is 4.72 Å². The summed E-state index contributed by atoms with van der Waals surface area (Å²) in [5.41, 5.74) is -1.52. The zero-order valence-corrected chi connectivity index (χ0v) is 10.8. The number of aryl methyl sites for hydroxylation is 1. The molecule has 0 fully saturated rings. The molecule has 1 aromatic heterocycles. The molecular weight excluding hydrogens is 250 g/mol. The van der Waals surface area contributed by atoms with Crippen molar-refractivity contribution in [3.63, 3.8) is 0 Å². The Morgan fingerprint density at radius 1 is 1.44 bits per heavy atom. The van der Waals surface area contributed by atoms with Gasteiger partial charge >= 0.3 is 5.97 Å². The highest BCUT2D eigenvalue weighted by Gasteiger charge is 2.33. The Kier molecular flexibility index (Phi) is 3.41. The molecule has 1 rings (SSSR count). The average molecular weight is 263 g/mol. The molecule has 5 nitrogen and oxygen atoms in total. The van der Waals surface area contributed by atoms with Crippen LogP contribution in [0.1, 0.15) is 18.7 Å². The number of sulfonamides is 1. The van der Waals surface area contributed by atoms with E-state index in [-0.39, 0.29) is 4.21 Å². The number of thiophene rings is 1. The van der Waals surface area contributed by atoms with Gasteiger partial charge in [-0.3, -0.25) is 4.79 Å². The molecule has 1 aromatic rings. The first-order chi connectivity index (χ1) is 7.15.